The molecule has 1 fully saturated rings. The van der Waals surface area contributed by atoms with E-state index in [9.17, 15) is 4.79 Å². The molecule has 3 heteroatoms. The molecule has 2 atom stereocenters. The molecule has 0 radical (unpaired) electrons. The molecule has 1 saturated heterocycles. The minimum atomic E-state index is -0.319. The van der Waals surface area contributed by atoms with Gasteiger partial charge in [-0.15, -0.1) is 0 Å². The summed E-state index contributed by atoms with van der Waals surface area (Å²) < 4.78 is 0. The second-order valence-corrected chi connectivity index (χ2v) is 3.31. The zero-order valence-corrected chi connectivity index (χ0v) is 7.47. The third-order valence-electron chi connectivity index (χ3n) is 2.48. The van der Waals surface area contributed by atoms with Gasteiger partial charge in [0.05, 0.1) is 6.04 Å². The van der Waals surface area contributed by atoms with E-state index >= 15 is 0 Å². The Morgan fingerprint density at radius 3 is 2.46 bits per heavy atom. The van der Waals surface area contributed by atoms with Crippen LogP contribution in [0, 0.1) is 0 Å². The quantitative estimate of drug-likeness (QED) is 0.642. The molecule has 13 heavy (non-hydrogen) atoms. The minimum Gasteiger partial charge on any atom is -0.318 e. The maximum atomic E-state index is 11.4. The van der Waals surface area contributed by atoms with Gasteiger partial charge < -0.3 is 10.6 Å². The van der Waals surface area contributed by atoms with Crippen molar-refractivity contribution in [3.05, 3.63) is 30.3 Å². The van der Waals surface area contributed by atoms with Crippen LogP contribution in [0.3, 0.4) is 0 Å². The third-order valence-corrected chi connectivity index (χ3v) is 2.48. The molecule has 2 rings (SSSR count). The first-order valence-electron chi connectivity index (χ1n) is 4.35. The fraction of sp³-hybridized carbons (Fsp3) is 0.300. The van der Waals surface area contributed by atoms with Crippen molar-refractivity contribution in [1.29, 1.82) is 0 Å². The molecule has 0 aromatic heterocycles. The number of carbonyl (C=O) groups is 1. The number of para-hydroxylation sites is 1. The Kier molecular flexibility index (Phi) is 1.81. The molecule has 3 nitrogen and oxygen atoms in total. The monoisotopic (exact) mass is 176 g/mol. The van der Waals surface area contributed by atoms with E-state index in [0.29, 0.717) is 0 Å². The van der Waals surface area contributed by atoms with Crippen molar-refractivity contribution >= 4 is 11.6 Å². The van der Waals surface area contributed by atoms with Crippen molar-refractivity contribution < 1.29 is 4.79 Å². The van der Waals surface area contributed by atoms with Gasteiger partial charge in [-0.25, -0.2) is 0 Å². The number of hydrogen-bond acceptors (Lipinski definition) is 2. The number of nitrogens with zero attached hydrogens (tertiary/aromatic N) is 1. The average molecular weight is 176 g/mol. The van der Waals surface area contributed by atoms with Gasteiger partial charge in [-0.05, 0) is 19.1 Å². The molecule has 0 saturated carbocycles. The zero-order valence-electron chi connectivity index (χ0n) is 7.47. The summed E-state index contributed by atoms with van der Waals surface area (Å²) in [6.07, 6.45) is 0. The topological polar surface area (TPSA) is 46.3 Å². The third kappa shape index (κ3) is 1.12. The van der Waals surface area contributed by atoms with Crippen LogP contribution in [-0.4, -0.2) is 18.0 Å². The normalized spacial score (nSPS) is 27.2. The fourth-order valence-corrected chi connectivity index (χ4v) is 1.60. The van der Waals surface area contributed by atoms with Crippen molar-refractivity contribution in [3.8, 4) is 0 Å². The van der Waals surface area contributed by atoms with Crippen LogP contribution in [0.1, 0.15) is 6.92 Å². The van der Waals surface area contributed by atoms with E-state index in [1.54, 1.807) is 4.90 Å². The van der Waals surface area contributed by atoms with E-state index in [4.69, 9.17) is 5.73 Å². The first-order chi connectivity index (χ1) is 6.22. The lowest BCUT2D eigenvalue weighted by Crippen LogP contribution is -2.67. The predicted octanol–water partition coefficient (Wildman–Crippen LogP) is 0.749. The second-order valence-electron chi connectivity index (χ2n) is 3.31. The van der Waals surface area contributed by atoms with Crippen molar-refractivity contribution in [2.75, 3.05) is 4.90 Å². The molecule has 0 unspecified atom stereocenters. The van der Waals surface area contributed by atoms with Crippen LogP contribution in [-0.2, 0) is 4.79 Å². The summed E-state index contributed by atoms with van der Waals surface area (Å²) in [6.45, 7) is 1.96. The Balaban J connectivity index is 2.25. The highest BCUT2D eigenvalue weighted by molar-refractivity contribution is 6.05. The van der Waals surface area contributed by atoms with Gasteiger partial charge in [-0.2, -0.15) is 0 Å². The van der Waals surface area contributed by atoms with Gasteiger partial charge in [0.15, 0.2) is 0 Å². The molecule has 0 aliphatic carbocycles. The van der Waals surface area contributed by atoms with Crippen LogP contribution < -0.4 is 10.6 Å². The highest BCUT2D eigenvalue weighted by Gasteiger charge is 2.42. The summed E-state index contributed by atoms with van der Waals surface area (Å²) in [5, 5.41) is 0. The summed E-state index contributed by atoms with van der Waals surface area (Å²) in [6, 6.07) is 9.40. The van der Waals surface area contributed by atoms with Crippen LogP contribution in [0.25, 0.3) is 0 Å². The highest BCUT2D eigenvalue weighted by atomic mass is 16.2. The number of nitrogens with two attached hydrogens (primary N) is 1. The maximum Gasteiger partial charge on any atom is 0.246 e. The van der Waals surface area contributed by atoms with E-state index in [2.05, 4.69) is 0 Å². The van der Waals surface area contributed by atoms with Crippen LogP contribution >= 0.6 is 0 Å². The molecule has 2 N–H and O–H groups in total. The molecule has 0 spiro atoms. The van der Waals surface area contributed by atoms with Crippen molar-refractivity contribution in [2.45, 2.75) is 19.0 Å². The molecule has 1 heterocycles. The summed E-state index contributed by atoms with van der Waals surface area (Å²) in [7, 11) is 0. The smallest absolute Gasteiger partial charge is 0.246 e. The highest BCUT2D eigenvalue weighted by Crippen LogP contribution is 2.26. The molecule has 1 aliphatic heterocycles. The van der Waals surface area contributed by atoms with Crippen molar-refractivity contribution in [1.82, 2.24) is 0 Å². The predicted molar refractivity (Wildman–Crippen MR) is 51.4 cm³/mol. The number of benzene rings is 1. The summed E-state index contributed by atoms with van der Waals surface area (Å²) >= 11 is 0. The lowest BCUT2D eigenvalue weighted by Gasteiger charge is -2.43. The van der Waals surface area contributed by atoms with E-state index in [0.717, 1.165) is 5.69 Å². The van der Waals surface area contributed by atoms with Crippen LogP contribution in [0.4, 0.5) is 5.69 Å². The van der Waals surface area contributed by atoms with E-state index < -0.39 is 0 Å². The average Bonchev–Trinajstić information content (AvgIpc) is 2.19. The number of hydrogen-bond donors (Lipinski definition) is 1. The molecule has 0 bridgehead atoms. The molecule has 1 aliphatic rings. The molecule has 1 aromatic carbocycles. The van der Waals surface area contributed by atoms with Crippen LogP contribution in [0.15, 0.2) is 30.3 Å². The van der Waals surface area contributed by atoms with Crippen LogP contribution in [0.5, 0.6) is 0 Å². The Morgan fingerprint density at radius 1 is 1.31 bits per heavy atom. The van der Waals surface area contributed by atoms with Gasteiger partial charge in [0.25, 0.3) is 0 Å². The van der Waals surface area contributed by atoms with Gasteiger partial charge in [0.2, 0.25) is 5.91 Å². The number of carbonyl (C=O) groups excluding carboxylic acids is 1. The largest absolute Gasteiger partial charge is 0.318 e. The zero-order chi connectivity index (χ0) is 9.42. The summed E-state index contributed by atoms with van der Waals surface area (Å²) in [5.74, 6) is 0.0127. The minimum absolute atomic E-state index is 0.0127. The van der Waals surface area contributed by atoms with E-state index in [-0.39, 0.29) is 18.0 Å². The van der Waals surface area contributed by atoms with Crippen LogP contribution in [0.2, 0.25) is 0 Å². The lowest BCUT2D eigenvalue weighted by atomic mass is 9.97. The number of anilines is 1. The first kappa shape index (κ1) is 8.26. The van der Waals surface area contributed by atoms with Crippen molar-refractivity contribution in [3.63, 3.8) is 0 Å². The van der Waals surface area contributed by atoms with Gasteiger partial charge >= 0.3 is 0 Å². The molecular formula is C10H12N2O. The van der Waals surface area contributed by atoms with E-state index in [1.807, 2.05) is 37.3 Å². The molecule has 68 valence electrons. The Bertz CT molecular complexity index is 323. The number of β-lactam (4-membered cyclic amide) rings is 1. The molecule has 1 aromatic rings. The number of amides is 1. The molecular weight excluding hydrogens is 164 g/mol. The maximum absolute atomic E-state index is 11.4. The van der Waals surface area contributed by atoms with Crippen molar-refractivity contribution in [2.24, 2.45) is 5.73 Å². The first-order valence-corrected chi connectivity index (χ1v) is 4.35. The number of rotatable bonds is 1. The SMILES string of the molecule is C[C@H]1[C@@H](N)C(=O)N1c1ccccc1. The van der Waals surface area contributed by atoms with E-state index in [1.165, 1.54) is 0 Å². The Labute approximate surface area is 77.1 Å². The summed E-state index contributed by atoms with van der Waals surface area (Å²) in [5.41, 5.74) is 6.53. The lowest BCUT2D eigenvalue weighted by molar-refractivity contribution is -0.125. The van der Waals surface area contributed by atoms with Gasteiger partial charge in [-0.3, -0.25) is 4.79 Å². The second kappa shape index (κ2) is 2.85. The van der Waals surface area contributed by atoms with Gasteiger partial charge in [-0.1, -0.05) is 18.2 Å². The summed E-state index contributed by atoms with van der Waals surface area (Å²) in [4.78, 5) is 13.1. The van der Waals surface area contributed by atoms with Gasteiger partial charge in [0, 0.05) is 5.69 Å². The Hall–Kier alpha value is -1.35. The fourth-order valence-electron chi connectivity index (χ4n) is 1.60. The molecule has 1 amide bonds. The van der Waals surface area contributed by atoms with Gasteiger partial charge in [0.1, 0.15) is 6.04 Å². The standard InChI is InChI=1S/C10H12N2O/c1-7-9(11)10(13)12(7)8-5-3-2-4-6-8/h2-7,9H,11H2,1H3/t7-,9+/m0/s1. The Morgan fingerprint density at radius 2 is 1.92 bits per heavy atom.